The molecular weight excluding hydrogens is 271 g/mol. The Hall–Kier alpha value is -1.12. The van der Waals surface area contributed by atoms with Crippen LogP contribution in [0.3, 0.4) is 0 Å². The van der Waals surface area contributed by atoms with Crippen LogP contribution in [-0.4, -0.2) is 19.6 Å². The second-order valence-corrected chi connectivity index (χ2v) is 5.45. The van der Waals surface area contributed by atoms with E-state index in [2.05, 4.69) is 0 Å². The maximum atomic E-state index is 12.5. The van der Waals surface area contributed by atoms with Gasteiger partial charge in [-0.05, 0) is 31.0 Å². The lowest BCUT2D eigenvalue weighted by Crippen LogP contribution is -2.18. The number of sulfonamides is 1. The SMILES string of the molecule is C[C@H](O)Cc1ccc(C(F)(F)F)cc1S(N)(=O)=O. The molecule has 0 saturated carbocycles. The number of benzene rings is 1. The van der Waals surface area contributed by atoms with Crippen molar-refractivity contribution in [3.8, 4) is 0 Å². The van der Waals surface area contributed by atoms with E-state index in [0.29, 0.717) is 6.07 Å². The molecule has 0 heterocycles. The smallest absolute Gasteiger partial charge is 0.393 e. The lowest BCUT2D eigenvalue weighted by Gasteiger charge is -2.13. The summed E-state index contributed by atoms with van der Waals surface area (Å²) >= 11 is 0. The molecule has 0 amide bonds. The van der Waals surface area contributed by atoms with Gasteiger partial charge in [-0.3, -0.25) is 0 Å². The van der Waals surface area contributed by atoms with Gasteiger partial charge in [0, 0.05) is 0 Å². The lowest BCUT2D eigenvalue weighted by molar-refractivity contribution is -0.137. The fraction of sp³-hybridized carbons (Fsp3) is 0.400. The maximum absolute atomic E-state index is 12.5. The number of rotatable bonds is 3. The summed E-state index contributed by atoms with van der Waals surface area (Å²) in [5.74, 6) is 0. The van der Waals surface area contributed by atoms with Crippen molar-refractivity contribution < 1.29 is 26.7 Å². The van der Waals surface area contributed by atoms with Gasteiger partial charge in [0.25, 0.3) is 0 Å². The van der Waals surface area contributed by atoms with Crippen molar-refractivity contribution in [1.82, 2.24) is 0 Å². The summed E-state index contributed by atoms with van der Waals surface area (Å²) < 4.78 is 59.9. The molecule has 0 unspecified atom stereocenters. The van der Waals surface area contributed by atoms with Crippen molar-refractivity contribution in [2.45, 2.75) is 30.5 Å². The van der Waals surface area contributed by atoms with Crippen LogP contribution in [0.2, 0.25) is 0 Å². The molecule has 1 rings (SSSR count). The Morgan fingerprint density at radius 3 is 2.33 bits per heavy atom. The third-order valence-electron chi connectivity index (χ3n) is 2.22. The number of alkyl halides is 3. The van der Waals surface area contributed by atoms with Gasteiger partial charge in [0.1, 0.15) is 0 Å². The molecule has 0 aliphatic carbocycles. The summed E-state index contributed by atoms with van der Waals surface area (Å²) in [6, 6.07) is 2.24. The third kappa shape index (κ3) is 3.69. The first-order chi connectivity index (χ1) is 8.01. The predicted octanol–water partition coefficient (Wildman–Crippen LogP) is 1.28. The van der Waals surface area contributed by atoms with Crippen LogP contribution in [0.4, 0.5) is 13.2 Å². The average molecular weight is 283 g/mol. The highest BCUT2D eigenvalue weighted by atomic mass is 32.2. The molecule has 1 aromatic carbocycles. The van der Waals surface area contributed by atoms with Gasteiger partial charge in [-0.15, -0.1) is 0 Å². The second kappa shape index (κ2) is 4.87. The zero-order chi connectivity index (χ0) is 14.1. The molecule has 4 nitrogen and oxygen atoms in total. The Morgan fingerprint density at radius 2 is 1.94 bits per heavy atom. The van der Waals surface area contributed by atoms with Gasteiger partial charge in [0.05, 0.1) is 16.6 Å². The maximum Gasteiger partial charge on any atom is 0.416 e. The Morgan fingerprint density at radius 1 is 1.39 bits per heavy atom. The van der Waals surface area contributed by atoms with Crippen molar-refractivity contribution in [2.75, 3.05) is 0 Å². The van der Waals surface area contributed by atoms with E-state index in [1.807, 2.05) is 0 Å². The first-order valence-corrected chi connectivity index (χ1v) is 6.47. The highest BCUT2D eigenvalue weighted by Gasteiger charge is 2.32. The molecule has 0 fully saturated rings. The Bertz CT molecular complexity index is 538. The van der Waals surface area contributed by atoms with E-state index in [0.717, 1.165) is 12.1 Å². The quantitative estimate of drug-likeness (QED) is 0.876. The van der Waals surface area contributed by atoms with Gasteiger partial charge >= 0.3 is 6.18 Å². The van der Waals surface area contributed by atoms with Gasteiger partial charge in [-0.1, -0.05) is 6.07 Å². The molecule has 18 heavy (non-hydrogen) atoms. The zero-order valence-electron chi connectivity index (χ0n) is 9.40. The number of nitrogens with two attached hydrogens (primary N) is 1. The summed E-state index contributed by atoms with van der Waals surface area (Å²) in [5.41, 5.74) is -1.04. The third-order valence-corrected chi connectivity index (χ3v) is 3.21. The highest BCUT2D eigenvalue weighted by Crippen LogP contribution is 2.31. The molecule has 8 heteroatoms. The largest absolute Gasteiger partial charge is 0.416 e. The van der Waals surface area contributed by atoms with E-state index in [9.17, 15) is 21.6 Å². The molecule has 102 valence electrons. The minimum absolute atomic E-state index is 0.0560. The van der Waals surface area contributed by atoms with E-state index in [-0.39, 0.29) is 12.0 Å². The molecular formula is C10H12F3NO3S. The van der Waals surface area contributed by atoms with Gasteiger partial charge in [-0.25, -0.2) is 13.6 Å². The monoisotopic (exact) mass is 283 g/mol. The first-order valence-electron chi connectivity index (χ1n) is 4.93. The van der Waals surface area contributed by atoms with E-state index in [4.69, 9.17) is 10.2 Å². The van der Waals surface area contributed by atoms with Crippen LogP contribution in [0.15, 0.2) is 23.1 Å². The Labute approximate surface area is 102 Å². The van der Waals surface area contributed by atoms with Gasteiger partial charge in [0.2, 0.25) is 10.0 Å². The number of halogens is 3. The minimum atomic E-state index is -4.65. The second-order valence-electron chi connectivity index (χ2n) is 3.92. The lowest BCUT2D eigenvalue weighted by atomic mass is 10.1. The van der Waals surface area contributed by atoms with E-state index in [1.165, 1.54) is 6.92 Å². The van der Waals surface area contributed by atoms with Crippen LogP contribution in [-0.2, 0) is 22.6 Å². The Kier molecular flexibility index (Phi) is 4.04. The molecule has 0 spiro atoms. The van der Waals surface area contributed by atoms with Crippen LogP contribution >= 0.6 is 0 Å². The summed E-state index contributed by atoms with van der Waals surface area (Å²) in [7, 11) is -4.27. The fourth-order valence-corrected chi connectivity index (χ4v) is 2.29. The molecule has 0 aliphatic heterocycles. The fourth-order valence-electron chi connectivity index (χ4n) is 1.48. The van der Waals surface area contributed by atoms with Crippen LogP contribution < -0.4 is 5.14 Å². The molecule has 1 atom stereocenters. The normalized spacial score (nSPS) is 14.6. The standard InChI is InChI=1S/C10H12F3NO3S/c1-6(15)4-7-2-3-8(10(11,12)13)5-9(7)18(14,16)17/h2-3,5-6,15H,4H2,1H3,(H2,14,16,17)/t6-/m0/s1. The minimum Gasteiger partial charge on any atom is -0.393 e. The van der Waals surface area contributed by atoms with E-state index in [1.54, 1.807) is 0 Å². The summed E-state index contributed by atoms with van der Waals surface area (Å²) in [5, 5.41) is 14.0. The molecule has 1 aromatic rings. The number of aliphatic hydroxyl groups excluding tert-OH is 1. The topological polar surface area (TPSA) is 80.4 Å². The number of aliphatic hydroxyl groups is 1. The summed E-state index contributed by atoms with van der Waals surface area (Å²) in [6.07, 6.45) is -5.63. The number of hydrogen-bond donors (Lipinski definition) is 2. The molecule has 0 radical (unpaired) electrons. The van der Waals surface area contributed by atoms with Crippen molar-refractivity contribution in [2.24, 2.45) is 5.14 Å². The predicted molar refractivity (Wildman–Crippen MR) is 58.2 cm³/mol. The van der Waals surface area contributed by atoms with Gasteiger partial charge in [0.15, 0.2) is 0 Å². The van der Waals surface area contributed by atoms with E-state index < -0.39 is 32.8 Å². The molecule has 0 bridgehead atoms. The summed E-state index contributed by atoms with van der Waals surface area (Å²) in [4.78, 5) is -0.613. The van der Waals surface area contributed by atoms with Crippen molar-refractivity contribution in [3.63, 3.8) is 0 Å². The van der Waals surface area contributed by atoms with E-state index >= 15 is 0 Å². The highest BCUT2D eigenvalue weighted by molar-refractivity contribution is 7.89. The van der Waals surface area contributed by atoms with Gasteiger partial charge < -0.3 is 5.11 Å². The molecule has 0 aromatic heterocycles. The van der Waals surface area contributed by atoms with Crippen molar-refractivity contribution in [3.05, 3.63) is 29.3 Å². The molecule has 0 saturated heterocycles. The first kappa shape index (κ1) is 14.9. The molecule has 0 aliphatic rings. The van der Waals surface area contributed by atoms with Crippen molar-refractivity contribution in [1.29, 1.82) is 0 Å². The Balaban J connectivity index is 3.40. The van der Waals surface area contributed by atoms with Crippen LogP contribution in [0.1, 0.15) is 18.1 Å². The zero-order valence-corrected chi connectivity index (χ0v) is 10.2. The average Bonchev–Trinajstić information content (AvgIpc) is 2.13. The number of primary sulfonamides is 1. The summed E-state index contributed by atoms with van der Waals surface area (Å²) in [6.45, 7) is 1.39. The van der Waals surface area contributed by atoms with Crippen molar-refractivity contribution >= 4 is 10.0 Å². The van der Waals surface area contributed by atoms with Gasteiger partial charge in [-0.2, -0.15) is 13.2 Å². The van der Waals surface area contributed by atoms with Crippen LogP contribution in [0.5, 0.6) is 0 Å². The van der Waals surface area contributed by atoms with Crippen LogP contribution in [0.25, 0.3) is 0 Å². The van der Waals surface area contributed by atoms with Crippen LogP contribution in [0, 0.1) is 0 Å². The number of hydrogen-bond acceptors (Lipinski definition) is 3. The molecule has 3 N–H and O–H groups in total.